The highest BCUT2D eigenvalue weighted by Crippen LogP contribution is 2.21. The van der Waals surface area contributed by atoms with E-state index in [-0.39, 0.29) is 11.8 Å². The van der Waals surface area contributed by atoms with Crippen LogP contribution in [0.3, 0.4) is 0 Å². The van der Waals surface area contributed by atoms with Crippen LogP contribution >= 0.6 is 11.3 Å². The molecule has 18 heavy (non-hydrogen) atoms. The van der Waals surface area contributed by atoms with Gasteiger partial charge in [-0.1, -0.05) is 19.9 Å². The van der Waals surface area contributed by atoms with Gasteiger partial charge in [-0.05, 0) is 12.1 Å². The molecule has 1 N–H and O–H groups in total. The van der Waals surface area contributed by atoms with Crippen molar-refractivity contribution in [2.75, 3.05) is 0 Å². The van der Waals surface area contributed by atoms with Gasteiger partial charge in [0.05, 0.1) is 17.9 Å². The minimum Gasteiger partial charge on any atom is -0.350 e. The Kier molecular flexibility index (Phi) is 4.04. The first kappa shape index (κ1) is 12.7. The van der Waals surface area contributed by atoms with Crippen LogP contribution in [0.1, 0.15) is 19.5 Å². The molecule has 0 saturated carbocycles. The number of amides is 1. The molecule has 0 aliphatic carbocycles. The van der Waals surface area contributed by atoms with Gasteiger partial charge in [0.15, 0.2) is 0 Å². The van der Waals surface area contributed by atoms with E-state index >= 15 is 0 Å². The van der Waals surface area contributed by atoms with E-state index in [0.717, 1.165) is 16.4 Å². The van der Waals surface area contributed by atoms with Gasteiger partial charge in [-0.3, -0.25) is 9.78 Å². The molecule has 5 heteroatoms. The van der Waals surface area contributed by atoms with Crippen molar-refractivity contribution in [2.24, 2.45) is 5.92 Å². The third-order valence-corrected chi connectivity index (χ3v) is 3.32. The number of rotatable bonds is 4. The summed E-state index contributed by atoms with van der Waals surface area (Å²) in [5, 5.41) is 5.68. The molecule has 2 rings (SSSR count). The van der Waals surface area contributed by atoms with E-state index in [4.69, 9.17) is 0 Å². The first-order valence-electron chi connectivity index (χ1n) is 5.80. The molecule has 0 spiro atoms. The first-order valence-corrected chi connectivity index (χ1v) is 6.68. The Labute approximate surface area is 110 Å². The van der Waals surface area contributed by atoms with Crippen molar-refractivity contribution >= 4 is 17.2 Å². The Morgan fingerprint density at radius 2 is 2.28 bits per heavy atom. The quantitative estimate of drug-likeness (QED) is 0.920. The summed E-state index contributed by atoms with van der Waals surface area (Å²) in [6.45, 7) is 4.21. The predicted octanol–water partition coefficient (Wildman–Crippen LogP) is 2.48. The largest absolute Gasteiger partial charge is 0.350 e. The number of carbonyl (C=O) groups excluding carboxylic acids is 1. The fourth-order valence-corrected chi connectivity index (χ4v) is 2.17. The monoisotopic (exact) mass is 261 g/mol. The molecule has 1 amide bonds. The molecule has 0 aliphatic rings. The van der Waals surface area contributed by atoms with E-state index in [1.54, 1.807) is 6.20 Å². The van der Waals surface area contributed by atoms with Crippen molar-refractivity contribution in [3.8, 4) is 10.7 Å². The number of thiazole rings is 1. The van der Waals surface area contributed by atoms with Gasteiger partial charge in [0.2, 0.25) is 5.91 Å². The van der Waals surface area contributed by atoms with Crippen molar-refractivity contribution in [3.05, 3.63) is 35.5 Å². The van der Waals surface area contributed by atoms with Gasteiger partial charge < -0.3 is 5.32 Å². The molecular formula is C13H15N3OS. The zero-order valence-electron chi connectivity index (χ0n) is 10.4. The second kappa shape index (κ2) is 5.73. The van der Waals surface area contributed by atoms with E-state index in [1.807, 2.05) is 37.4 Å². The smallest absolute Gasteiger partial charge is 0.222 e. The fraction of sp³-hybridized carbons (Fsp3) is 0.308. The molecule has 0 saturated heterocycles. The first-order chi connectivity index (χ1) is 8.66. The fourth-order valence-electron chi connectivity index (χ4n) is 1.38. The van der Waals surface area contributed by atoms with Gasteiger partial charge in [-0.25, -0.2) is 4.98 Å². The van der Waals surface area contributed by atoms with E-state index in [0.29, 0.717) is 6.54 Å². The highest BCUT2D eigenvalue weighted by atomic mass is 32.1. The number of nitrogens with one attached hydrogen (secondary N) is 1. The van der Waals surface area contributed by atoms with Crippen LogP contribution in [-0.4, -0.2) is 15.9 Å². The second-order valence-corrected chi connectivity index (χ2v) is 5.09. The number of nitrogens with zero attached hydrogens (tertiary/aromatic N) is 2. The summed E-state index contributed by atoms with van der Waals surface area (Å²) in [5.74, 6) is 0.0429. The summed E-state index contributed by atoms with van der Waals surface area (Å²) in [6, 6.07) is 5.74. The molecule has 4 nitrogen and oxygen atoms in total. The second-order valence-electron chi connectivity index (χ2n) is 4.23. The van der Waals surface area contributed by atoms with Gasteiger partial charge in [0.25, 0.3) is 0 Å². The molecule has 0 aromatic carbocycles. The molecule has 2 heterocycles. The number of hydrogen-bond donors (Lipinski definition) is 1. The minimum absolute atomic E-state index is 0.00102. The Hall–Kier alpha value is -1.75. The third-order valence-electron chi connectivity index (χ3n) is 2.40. The summed E-state index contributed by atoms with van der Waals surface area (Å²) in [7, 11) is 0. The van der Waals surface area contributed by atoms with Crippen LogP contribution < -0.4 is 5.32 Å². The van der Waals surface area contributed by atoms with Gasteiger partial charge in [-0.15, -0.1) is 11.3 Å². The summed E-state index contributed by atoms with van der Waals surface area (Å²) in [6.07, 6.45) is 1.75. The lowest BCUT2D eigenvalue weighted by Crippen LogP contribution is -2.27. The Morgan fingerprint density at radius 3 is 2.94 bits per heavy atom. The molecule has 0 atom stereocenters. The zero-order chi connectivity index (χ0) is 13.0. The maximum absolute atomic E-state index is 11.4. The minimum atomic E-state index is -0.00102. The van der Waals surface area contributed by atoms with Crippen LogP contribution in [0.5, 0.6) is 0 Å². The van der Waals surface area contributed by atoms with Crippen molar-refractivity contribution in [2.45, 2.75) is 20.4 Å². The van der Waals surface area contributed by atoms with E-state index in [2.05, 4.69) is 15.3 Å². The van der Waals surface area contributed by atoms with Crippen LogP contribution in [-0.2, 0) is 11.3 Å². The SMILES string of the molecule is CC(C)C(=O)NCc1csc(-c2ccccn2)n1. The van der Waals surface area contributed by atoms with Crippen molar-refractivity contribution < 1.29 is 4.79 Å². The van der Waals surface area contributed by atoms with Crippen LogP contribution in [0.25, 0.3) is 10.7 Å². The molecule has 0 aliphatic heterocycles. The van der Waals surface area contributed by atoms with Crippen LogP contribution in [0.15, 0.2) is 29.8 Å². The molecule has 94 valence electrons. The lowest BCUT2D eigenvalue weighted by atomic mass is 10.2. The van der Waals surface area contributed by atoms with Crippen molar-refractivity contribution in [1.82, 2.24) is 15.3 Å². The van der Waals surface area contributed by atoms with Crippen LogP contribution in [0.2, 0.25) is 0 Å². The normalized spacial score (nSPS) is 10.6. The molecule has 0 radical (unpaired) electrons. The average Bonchev–Trinajstić information content (AvgIpc) is 2.85. The molecule has 0 bridgehead atoms. The summed E-state index contributed by atoms with van der Waals surface area (Å²) in [5.41, 5.74) is 1.73. The van der Waals surface area contributed by atoms with Crippen molar-refractivity contribution in [3.63, 3.8) is 0 Å². The summed E-state index contributed by atoms with van der Waals surface area (Å²) >= 11 is 1.54. The molecule has 0 fully saturated rings. The van der Waals surface area contributed by atoms with Crippen LogP contribution in [0.4, 0.5) is 0 Å². The average molecular weight is 261 g/mol. The molecule has 2 aromatic rings. The zero-order valence-corrected chi connectivity index (χ0v) is 11.2. The van der Waals surface area contributed by atoms with Gasteiger partial charge >= 0.3 is 0 Å². The maximum atomic E-state index is 11.4. The molecular weight excluding hydrogens is 246 g/mol. The van der Waals surface area contributed by atoms with Crippen LogP contribution in [0, 0.1) is 5.92 Å². The number of pyridine rings is 1. The molecule has 2 aromatic heterocycles. The number of hydrogen-bond acceptors (Lipinski definition) is 4. The Balaban J connectivity index is 2.01. The number of aromatic nitrogens is 2. The predicted molar refractivity (Wildman–Crippen MR) is 72.0 cm³/mol. The lowest BCUT2D eigenvalue weighted by molar-refractivity contribution is -0.124. The Morgan fingerprint density at radius 1 is 1.44 bits per heavy atom. The van der Waals surface area contributed by atoms with E-state index in [9.17, 15) is 4.79 Å². The van der Waals surface area contributed by atoms with Crippen molar-refractivity contribution in [1.29, 1.82) is 0 Å². The standard InChI is InChI=1S/C13H15N3OS/c1-9(2)12(17)15-7-10-8-18-13(16-10)11-5-3-4-6-14-11/h3-6,8-9H,7H2,1-2H3,(H,15,17). The number of carbonyl (C=O) groups is 1. The van der Waals surface area contributed by atoms with Gasteiger partial charge in [0, 0.05) is 17.5 Å². The van der Waals surface area contributed by atoms with Gasteiger partial charge in [0.1, 0.15) is 5.01 Å². The van der Waals surface area contributed by atoms with Gasteiger partial charge in [-0.2, -0.15) is 0 Å². The van der Waals surface area contributed by atoms with E-state index in [1.165, 1.54) is 11.3 Å². The summed E-state index contributed by atoms with van der Waals surface area (Å²) < 4.78 is 0. The highest BCUT2D eigenvalue weighted by molar-refractivity contribution is 7.13. The third kappa shape index (κ3) is 3.13. The van der Waals surface area contributed by atoms with E-state index < -0.39 is 0 Å². The lowest BCUT2D eigenvalue weighted by Gasteiger charge is -2.05. The topological polar surface area (TPSA) is 54.9 Å². The maximum Gasteiger partial charge on any atom is 0.222 e. The summed E-state index contributed by atoms with van der Waals surface area (Å²) in [4.78, 5) is 20.1. The molecule has 0 unspecified atom stereocenters. The highest BCUT2D eigenvalue weighted by Gasteiger charge is 2.09. The Bertz CT molecular complexity index is 522.